The summed E-state index contributed by atoms with van der Waals surface area (Å²) in [5.74, 6) is 0. The van der Waals surface area contributed by atoms with Gasteiger partial charge in [0, 0.05) is 12.0 Å². The van der Waals surface area contributed by atoms with Crippen LogP contribution in [0.5, 0.6) is 0 Å². The van der Waals surface area contributed by atoms with Gasteiger partial charge in [-0.15, -0.1) is 0 Å². The van der Waals surface area contributed by atoms with Gasteiger partial charge in [0.15, 0.2) is 0 Å². The van der Waals surface area contributed by atoms with Crippen LogP contribution in [0.2, 0.25) is 0 Å². The Morgan fingerprint density at radius 1 is 1.00 bits per heavy atom. The standard InChI is InChI=1S/C19H29NO/c1-2-16-7-9-17(10-8-16)15-18(21)19(11-3-4-12-19)20-13-5-6-14-20/h7-10,18,21H,2-6,11-15H2,1H3. The molecule has 1 unspecified atom stereocenters. The van der Waals surface area contributed by atoms with E-state index in [1.807, 2.05) is 0 Å². The van der Waals surface area contributed by atoms with Crippen LogP contribution >= 0.6 is 0 Å². The van der Waals surface area contributed by atoms with Crippen LogP contribution in [0, 0.1) is 0 Å². The highest BCUT2D eigenvalue weighted by molar-refractivity contribution is 5.24. The van der Waals surface area contributed by atoms with Crippen molar-refractivity contribution in [1.29, 1.82) is 0 Å². The first kappa shape index (κ1) is 15.1. The minimum Gasteiger partial charge on any atom is -0.391 e. The van der Waals surface area contributed by atoms with Gasteiger partial charge in [-0.3, -0.25) is 4.90 Å². The second kappa shape index (κ2) is 6.50. The topological polar surface area (TPSA) is 23.5 Å². The minimum absolute atomic E-state index is 0.0694. The van der Waals surface area contributed by atoms with E-state index < -0.39 is 0 Å². The lowest BCUT2D eigenvalue weighted by Crippen LogP contribution is -2.54. The van der Waals surface area contributed by atoms with Crippen molar-refractivity contribution in [1.82, 2.24) is 4.90 Å². The summed E-state index contributed by atoms with van der Waals surface area (Å²) in [7, 11) is 0. The molecule has 2 nitrogen and oxygen atoms in total. The highest BCUT2D eigenvalue weighted by atomic mass is 16.3. The summed E-state index contributed by atoms with van der Waals surface area (Å²) < 4.78 is 0. The van der Waals surface area contributed by atoms with Crippen LogP contribution in [0.15, 0.2) is 24.3 Å². The van der Waals surface area contributed by atoms with Gasteiger partial charge < -0.3 is 5.11 Å². The van der Waals surface area contributed by atoms with Crippen molar-refractivity contribution >= 4 is 0 Å². The number of hydrogen-bond donors (Lipinski definition) is 1. The predicted octanol–water partition coefficient (Wildman–Crippen LogP) is 3.56. The molecule has 3 rings (SSSR count). The van der Waals surface area contributed by atoms with Gasteiger partial charge in [-0.1, -0.05) is 44.0 Å². The van der Waals surface area contributed by atoms with E-state index >= 15 is 0 Å². The van der Waals surface area contributed by atoms with E-state index in [2.05, 4.69) is 36.1 Å². The van der Waals surface area contributed by atoms with Crippen molar-refractivity contribution in [2.75, 3.05) is 13.1 Å². The molecule has 0 bridgehead atoms. The molecule has 1 aromatic rings. The van der Waals surface area contributed by atoms with Crippen LogP contribution < -0.4 is 0 Å². The van der Waals surface area contributed by atoms with Crippen LogP contribution in [0.1, 0.15) is 56.6 Å². The molecule has 2 aliphatic rings. The maximum absolute atomic E-state index is 11.0. The van der Waals surface area contributed by atoms with Crippen molar-refractivity contribution in [2.45, 2.75) is 69.9 Å². The summed E-state index contributed by atoms with van der Waals surface area (Å²) in [6.45, 7) is 4.56. The van der Waals surface area contributed by atoms with Gasteiger partial charge in [0.2, 0.25) is 0 Å². The van der Waals surface area contributed by atoms with E-state index in [9.17, 15) is 5.11 Å². The number of hydrogen-bond acceptors (Lipinski definition) is 2. The molecule has 1 aromatic carbocycles. The quantitative estimate of drug-likeness (QED) is 0.895. The summed E-state index contributed by atoms with van der Waals surface area (Å²) in [5.41, 5.74) is 2.73. The second-order valence-electron chi connectivity index (χ2n) is 6.89. The molecule has 1 N–H and O–H groups in total. The summed E-state index contributed by atoms with van der Waals surface area (Å²) >= 11 is 0. The van der Waals surface area contributed by atoms with E-state index in [0.29, 0.717) is 0 Å². The number of aryl methyl sites for hydroxylation is 1. The van der Waals surface area contributed by atoms with E-state index in [-0.39, 0.29) is 11.6 Å². The highest BCUT2D eigenvalue weighted by Gasteiger charge is 2.45. The molecule has 1 aliphatic heterocycles. The van der Waals surface area contributed by atoms with Gasteiger partial charge in [-0.05, 0) is 56.3 Å². The average Bonchev–Trinajstić information content (AvgIpc) is 3.19. The fraction of sp³-hybridized carbons (Fsp3) is 0.684. The minimum atomic E-state index is -0.217. The number of aliphatic hydroxyl groups excluding tert-OH is 1. The lowest BCUT2D eigenvalue weighted by Gasteiger charge is -2.42. The Morgan fingerprint density at radius 2 is 1.57 bits per heavy atom. The third-order valence-corrected chi connectivity index (χ3v) is 5.69. The third-order valence-electron chi connectivity index (χ3n) is 5.69. The van der Waals surface area contributed by atoms with E-state index in [0.717, 1.165) is 12.8 Å². The predicted molar refractivity (Wildman–Crippen MR) is 87.5 cm³/mol. The first-order chi connectivity index (χ1) is 10.2. The van der Waals surface area contributed by atoms with Crippen LogP contribution in [-0.4, -0.2) is 34.7 Å². The van der Waals surface area contributed by atoms with Gasteiger partial charge in [0.1, 0.15) is 0 Å². The molecule has 1 saturated heterocycles. The first-order valence-corrected chi connectivity index (χ1v) is 8.75. The smallest absolute Gasteiger partial charge is 0.0764 e. The van der Waals surface area contributed by atoms with Gasteiger partial charge in [0.05, 0.1) is 6.10 Å². The Kier molecular flexibility index (Phi) is 4.66. The zero-order valence-corrected chi connectivity index (χ0v) is 13.4. The van der Waals surface area contributed by atoms with Gasteiger partial charge >= 0.3 is 0 Å². The Hall–Kier alpha value is -0.860. The molecular weight excluding hydrogens is 258 g/mol. The molecular formula is C19H29NO. The van der Waals surface area contributed by atoms with Gasteiger partial charge in [-0.25, -0.2) is 0 Å². The molecule has 1 saturated carbocycles. The Bertz CT molecular complexity index is 441. The van der Waals surface area contributed by atoms with Crippen LogP contribution in [0.25, 0.3) is 0 Å². The summed E-state index contributed by atoms with van der Waals surface area (Å²) in [4.78, 5) is 2.60. The molecule has 0 aromatic heterocycles. The maximum atomic E-state index is 11.0. The van der Waals surface area contributed by atoms with Gasteiger partial charge in [0.25, 0.3) is 0 Å². The van der Waals surface area contributed by atoms with Crippen molar-refractivity contribution < 1.29 is 5.11 Å². The number of aliphatic hydroxyl groups is 1. The average molecular weight is 287 g/mol. The molecule has 1 aliphatic carbocycles. The van der Waals surface area contributed by atoms with Crippen molar-refractivity contribution in [3.8, 4) is 0 Å². The van der Waals surface area contributed by atoms with Crippen molar-refractivity contribution in [3.63, 3.8) is 0 Å². The molecule has 2 fully saturated rings. The number of likely N-dealkylation sites (tertiary alicyclic amines) is 1. The lowest BCUT2D eigenvalue weighted by atomic mass is 9.84. The second-order valence-corrected chi connectivity index (χ2v) is 6.89. The van der Waals surface area contributed by atoms with Crippen LogP contribution in [0.4, 0.5) is 0 Å². The molecule has 2 heteroatoms. The van der Waals surface area contributed by atoms with Crippen LogP contribution in [0.3, 0.4) is 0 Å². The zero-order chi connectivity index (χ0) is 14.7. The monoisotopic (exact) mass is 287 g/mol. The number of nitrogens with zero attached hydrogens (tertiary/aromatic N) is 1. The Morgan fingerprint density at radius 3 is 2.14 bits per heavy atom. The molecule has 0 spiro atoms. The normalized spacial score (nSPS) is 23.5. The Balaban J connectivity index is 1.73. The lowest BCUT2D eigenvalue weighted by molar-refractivity contribution is -0.0171. The SMILES string of the molecule is CCc1ccc(CC(O)C2(N3CCCC3)CCCC2)cc1. The molecule has 0 amide bonds. The molecule has 1 atom stereocenters. The van der Waals surface area contributed by atoms with Crippen LogP contribution in [-0.2, 0) is 12.8 Å². The zero-order valence-electron chi connectivity index (χ0n) is 13.4. The Labute approximate surface area is 129 Å². The van der Waals surface area contributed by atoms with E-state index in [4.69, 9.17) is 0 Å². The third kappa shape index (κ3) is 3.02. The molecule has 1 heterocycles. The number of rotatable bonds is 5. The highest BCUT2D eigenvalue weighted by Crippen LogP contribution is 2.41. The van der Waals surface area contributed by atoms with Crippen molar-refractivity contribution in [2.24, 2.45) is 0 Å². The van der Waals surface area contributed by atoms with E-state index in [1.165, 1.54) is 62.7 Å². The maximum Gasteiger partial charge on any atom is 0.0764 e. The fourth-order valence-electron chi connectivity index (χ4n) is 4.33. The molecule has 21 heavy (non-hydrogen) atoms. The largest absolute Gasteiger partial charge is 0.391 e. The summed E-state index contributed by atoms with van der Waals surface area (Å²) in [5, 5.41) is 11.0. The molecule has 116 valence electrons. The summed E-state index contributed by atoms with van der Waals surface area (Å²) in [6, 6.07) is 8.82. The fourth-order valence-corrected chi connectivity index (χ4v) is 4.33. The van der Waals surface area contributed by atoms with Crippen molar-refractivity contribution in [3.05, 3.63) is 35.4 Å². The number of benzene rings is 1. The molecule has 0 radical (unpaired) electrons. The van der Waals surface area contributed by atoms with Gasteiger partial charge in [-0.2, -0.15) is 0 Å². The first-order valence-electron chi connectivity index (χ1n) is 8.75. The summed E-state index contributed by atoms with van der Waals surface area (Å²) in [6.07, 6.45) is 9.21. The van der Waals surface area contributed by atoms with E-state index in [1.54, 1.807) is 0 Å².